The van der Waals surface area contributed by atoms with Crippen LogP contribution in [0.3, 0.4) is 0 Å². The van der Waals surface area contributed by atoms with Crippen molar-refractivity contribution in [2.75, 3.05) is 4.90 Å². The molecule has 0 fully saturated rings. The third kappa shape index (κ3) is 3.73. The van der Waals surface area contributed by atoms with E-state index >= 15 is 0 Å². The maximum Gasteiger partial charge on any atom is 0.143 e. The Morgan fingerprint density at radius 2 is 1.06 bits per heavy atom. The molecule has 0 bridgehead atoms. The van der Waals surface area contributed by atoms with Crippen LogP contribution >= 0.6 is 0 Å². The summed E-state index contributed by atoms with van der Waals surface area (Å²) in [7, 11) is 0. The van der Waals surface area contributed by atoms with E-state index in [0.29, 0.717) is 0 Å². The first-order chi connectivity index (χ1) is 24.8. The largest absolute Gasteiger partial charge is 0.456 e. The van der Waals surface area contributed by atoms with Crippen molar-refractivity contribution in [1.29, 1.82) is 0 Å². The van der Waals surface area contributed by atoms with Crippen LogP contribution in [0, 0.1) is 0 Å². The summed E-state index contributed by atoms with van der Waals surface area (Å²) in [6, 6.07) is 50.6. The highest BCUT2D eigenvalue weighted by Gasteiger charge is 2.38. The summed E-state index contributed by atoms with van der Waals surface area (Å²) in [6.45, 7) is 9.33. The summed E-state index contributed by atoms with van der Waals surface area (Å²) in [5.74, 6) is 0. The molecule has 3 heteroatoms. The SMILES string of the molecule is CC1(C)c2ccccc2-c2ccc(N(c3ccc4c(c3)oc3ccccc34)c3cccc4oc5c6c(ccc5c34)C(C)(C)c3ccccc3-6)cc21. The molecule has 9 aromatic rings. The number of hydrogen-bond acceptors (Lipinski definition) is 3. The van der Waals surface area contributed by atoms with Gasteiger partial charge < -0.3 is 13.7 Å². The number of benzene rings is 7. The molecule has 11 rings (SSSR count). The summed E-state index contributed by atoms with van der Waals surface area (Å²) in [5, 5.41) is 4.46. The molecule has 244 valence electrons. The third-order valence-electron chi connectivity index (χ3n) is 11.9. The quantitative estimate of drug-likeness (QED) is 0.189. The Morgan fingerprint density at radius 1 is 0.431 bits per heavy atom. The summed E-state index contributed by atoms with van der Waals surface area (Å²) in [5.41, 5.74) is 17.0. The number of para-hydroxylation sites is 1. The van der Waals surface area contributed by atoms with Gasteiger partial charge >= 0.3 is 0 Å². The number of nitrogens with zero attached hydrogens (tertiary/aromatic N) is 1. The van der Waals surface area contributed by atoms with E-state index in [4.69, 9.17) is 8.83 Å². The van der Waals surface area contributed by atoms with Crippen molar-refractivity contribution in [2.24, 2.45) is 0 Å². The van der Waals surface area contributed by atoms with Crippen LogP contribution in [-0.4, -0.2) is 0 Å². The van der Waals surface area contributed by atoms with Crippen molar-refractivity contribution in [1.82, 2.24) is 0 Å². The Kier molecular flexibility index (Phi) is 5.52. The lowest BCUT2D eigenvalue weighted by atomic mass is 9.82. The lowest BCUT2D eigenvalue weighted by Crippen LogP contribution is -2.16. The predicted octanol–water partition coefficient (Wildman–Crippen LogP) is 13.6. The molecule has 51 heavy (non-hydrogen) atoms. The number of fused-ring (bicyclic) bond motifs is 13. The van der Waals surface area contributed by atoms with E-state index in [0.717, 1.165) is 60.9 Å². The van der Waals surface area contributed by atoms with Crippen LogP contribution in [0.2, 0.25) is 0 Å². The molecule has 2 aliphatic carbocycles. The van der Waals surface area contributed by atoms with Gasteiger partial charge in [0.2, 0.25) is 0 Å². The fourth-order valence-electron chi connectivity index (χ4n) is 9.35. The van der Waals surface area contributed by atoms with Crippen LogP contribution in [0.4, 0.5) is 17.1 Å². The van der Waals surface area contributed by atoms with Gasteiger partial charge in [0.25, 0.3) is 0 Å². The second kappa shape index (κ2) is 9.80. The van der Waals surface area contributed by atoms with Gasteiger partial charge in [0.1, 0.15) is 22.3 Å². The van der Waals surface area contributed by atoms with E-state index in [1.807, 2.05) is 12.1 Å². The zero-order valence-electron chi connectivity index (χ0n) is 29.0. The Hall–Kier alpha value is -6.06. The molecule has 0 aliphatic heterocycles. The van der Waals surface area contributed by atoms with Crippen LogP contribution in [0.5, 0.6) is 0 Å². The highest BCUT2D eigenvalue weighted by molar-refractivity contribution is 6.18. The number of rotatable bonds is 3. The van der Waals surface area contributed by atoms with Crippen LogP contribution < -0.4 is 4.90 Å². The number of anilines is 3. The second-order valence-corrected chi connectivity index (χ2v) is 15.3. The van der Waals surface area contributed by atoms with Gasteiger partial charge in [0.15, 0.2) is 0 Å². The maximum atomic E-state index is 6.92. The average Bonchev–Trinajstić information content (AvgIpc) is 3.85. The molecular formula is C48H35NO2. The number of hydrogen-bond donors (Lipinski definition) is 0. The van der Waals surface area contributed by atoms with Crippen LogP contribution in [0.15, 0.2) is 148 Å². The van der Waals surface area contributed by atoms with Crippen molar-refractivity contribution >= 4 is 60.9 Å². The van der Waals surface area contributed by atoms with E-state index in [1.165, 1.54) is 44.5 Å². The smallest absolute Gasteiger partial charge is 0.143 e. The molecular weight excluding hydrogens is 623 g/mol. The normalized spacial score (nSPS) is 15.0. The van der Waals surface area contributed by atoms with E-state index in [1.54, 1.807) is 0 Å². The van der Waals surface area contributed by atoms with Crippen LogP contribution in [-0.2, 0) is 10.8 Å². The van der Waals surface area contributed by atoms with Crippen molar-refractivity contribution in [3.63, 3.8) is 0 Å². The third-order valence-corrected chi connectivity index (χ3v) is 11.9. The van der Waals surface area contributed by atoms with Crippen molar-refractivity contribution in [3.05, 3.63) is 162 Å². The first-order valence-electron chi connectivity index (χ1n) is 17.9. The summed E-state index contributed by atoms with van der Waals surface area (Å²) < 4.78 is 13.4. The van der Waals surface area contributed by atoms with E-state index in [-0.39, 0.29) is 10.8 Å². The lowest BCUT2D eigenvalue weighted by molar-refractivity contribution is 0.653. The molecule has 0 radical (unpaired) electrons. The van der Waals surface area contributed by atoms with Gasteiger partial charge in [-0.2, -0.15) is 0 Å². The molecule has 0 unspecified atom stereocenters. The minimum Gasteiger partial charge on any atom is -0.456 e. The van der Waals surface area contributed by atoms with Gasteiger partial charge in [-0.05, 0) is 81.4 Å². The van der Waals surface area contributed by atoms with E-state index < -0.39 is 0 Å². The topological polar surface area (TPSA) is 29.5 Å². The van der Waals surface area contributed by atoms with Crippen LogP contribution in [0.25, 0.3) is 66.1 Å². The molecule has 0 amide bonds. The van der Waals surface area contributed by atoms with Gasteiger partial charge in [0, 0.05) is 50.0 Å². The first kappa shape index (κ1) is 28.7. The fourth-order valence-corrected chi connectivity index (χ4v) is 9.35. The Morgan fingerprint density at radius 3 is 1.92 bits per heavy atom. The molecule has 2 aromatic heterocycles. The molecule has 0 N–H and O–H groups in total. The Bertz CT molecular complexity index is 2940. The van der Waals surface area contributed by atoms with Gasteiger partial charge in [-0.3, -0.25) is 0 Å². The molecule has 0 saturated carbocycles. The Balaban J connectivity index is 1.19. The Labute approximate surface area is 296 Å². The molecule has 2 heterocycles. The fraction of sp³-hybridized carbons (Fsp3) is 0.125. The van der Waals surface area contributed by atoms with Gasteiger partial charge in [-0.15, -0.1) is 0 Å². The van der Waals surface area contributed by atoms with Crippen LogP contribution in [0.1, 0.15) is 49.9 Å². The molecule has 0 atom stereocenters. The molecule has 3 nitrogen and oxygen atoms in total. The molecule has 7 aromatic carbocycles. The van der Waals surface area contributed by atoms with Gasteiger partial charge in [-0.25, -0.2) is 0 Å². The van der Waals surface area contributed by atoms with Gasteiger partial charge in [0.05, 0.1) is 11.1 Å². The van der Waals surface area contributed by atoms with Gasteiger partial charge in [-0.1, -0.05) is 119 Å². The van der Waals surface area contributed by atoms with Crippen molar-refractivity contribution < 1.29 is 8.83 Å². The highest BCUT2D eigenvalue weighted by atomic mass is 16.3. The number of furan rings is 2. The van der Waals surface area contributed by atoms with E-state index in [2.05, 4.69) is 160 Å². The minimum absolute atomic E-state index is 0.106. The van der Waals surface area contributed by atoms with Crippen molar-refractivity contribution in [2.45, 2.75) is 38.5 Å². The standard InChI is InChI=1S/C48H35NO2/c1-47(2)37-16-9-6-14-34(37)44-38(47)25-24-35-45-40(17-11-19-42(45)51-46(35)44)49(29-21-23-33-32-13-7-10-18-41(32)50-43(33)27-29)28-20-22-31-30-12-5-8-15-36(30)48(3,4)39(31)26-28/h5-27H,1-4H3. The average molecular weight is 658 g/mol. The summed E-state index contributed by atoms with van der Waals surface area (Å²) in [4.78, 5) is 2.40. The second-order valence-electron chi connectivity index (χ2n) is 15.3. The zero-order chi connectivity index (χ0) is 34.2. The minimum atomic E-state index is -0.134. The monoisotopic (exact) mass is 657 g/mol. The highest BCUT2D eigenvalue weighted by Crippen LogP contribution is 2.55. The maximum absolute atomic E-state index is 6.92. The molecule has 0 saturated heterocycles. The van der Waals surface area contributed by atoms with E-state index in [9.17, 15) is 0 Å². The first-order valence-corrected chi connectivity index (χ1v) is 17.9. The summed E-state index contributed by atoms with van der Waals surface area (Å²) in [6.07, 6.45) is 0. The zero-order valence-corrected chi connectivity index (χ0v) is 29.0. The molecule has 0 spiro atoms. The predicted molar refractivity (Wildman–Crippen MR) is 211 cm³/mol. The lowest BCUT2D eigenvalue weighted by Gasteiger charge is -2.28. The van der Waals surface area contributed by atoms with Crippen molar-refractivity contribution in [3.8, 4) is 22.3 Å². The summed E-state index contributed by atoms with van der Waals surface area (Å²) >= 11 is 0. The molecule has 2 aliphatic rings.